The van der Waals surface area contributed by atoms with Crippen LogP contribution in [0.1, 0.15) is 21.5 Å². The van der Waals surface area contributed by atoms with Crippen LogP contribution < -0.4 is 11.1 Å². The summed E-state index contributed by atoms with van der Waals surface area (Å²) < 4.78 is 13.7. The largest absolute Gasteiger partial charge is 0.381 e. The van der Waals surface area contributed by atoms with Gasteiger partial charge in [0.05, 0.1) is 12.5 Å². The van der Waals surface area contributed by atoms with Gasteiger partial charge in [-0.05, 0) is 35.9 Å². The number of nitrogens with one attached hydrogen (secondary N) is 1. The van der Waals surface area contributed by atoms with Crippen molar-refractivity contribution in [3.8, 4) is 6.07 Å². The predicted octanol–water partition coefficient (Wildman–Crippen LogP) is 2.60. The minimum Gasteiger partial charge on any atom is -0.381 e. The maximum absolute atomic E-state index is 13.7. The molecule has 2 rings (SSSR count). The summed E-state index contributed by atoms with van der Waals surface area (Å²) in [6.07, 6.45) is 0.357. The number of nitriles is 1. The van der Waals surface area contributed by atoms with E-state index in [0.717, 1.165) is 11.3 Å². The third kappa shape index (κ3) is 3.80. The van der Waals surface area contributed by atoms with Gasteiger partial charge in [0, 0.05) is 23.4 Å². The van der Waals surface area contributed by atoms with Gasteiger partial charge in [-0.2, -0.15) is 5.26 Å². The highest BCUT2D eigenvalue weighted by Gasteiger charge is 2.07. The van der Waals surface area contributed by atoms with E-state index in [4.69, 9.17) is 11.0 Å². The van der Waals surface area contributed by atoms with Crippen LogP contribution in [-0.4, -0.2) is 5.91 Å². The number of amides is 1. The average Bonchev–Trinajstić information content (AvgIpc) is 2.48. The normalized spacial score (nSPS) is 9.90. The van der Waals surface area contributed by atoms with Crippen LogP contribution in [0.3, 0.4) is 0 Å². The highest BCUT2D eigenvalue weighted by Crippen LogP contribution is 2.15. The molecule has 4 nitrogen and oxygen atoms in total. The van der Waals surface area contributed by atoms with Crippen molar-refractivity contribution in [2.75, 3.05) is 5.32 Å². The van der Waals surface area contributed by atoms with E-state index in [2.05, 4.69) is 11.4 Å². The van der Waals surface area contributed by atoms with Crippen LogP contribution >= 0.6 is 0 Å². The minimum atomic E-state index is -0.586. The van der Waals surface area contributed by atoms with Crippen LogP contribution in [0.2, 0.25) is 0 Å². The fourth-order valence-corrected chi connectivity index (χ4v) is 1.89. The van der Waals surface area contributed by atoms with E-state index in [1.807, 2.05) is 24.3 Å². The third-order valence-corrected chi connectivity index (χ3v) is 3.05. The first kappa shape index (κ1) is 14.5. The first-order valence-corrected chi connectivity index (χ1v) is 6.38. The summed E-state index contributed by atoms with van der Waals surface area (Å²) in [5.41, 5.74) is 7.55. The lowest BCUT2D eigenvalue weighted by atomic mass is 10.1. The number of nitrogens with two attached hydrogens (primary N) is 1. The lowest BCUT2D eigenvalue weighted by Crippen LogP contribution is -2.12. The van der Waals surface area contributed by atoms with Crippen LogP contribution in [-0.2, 0) is 13.0 Å². The molecule has 0 spiro atoms. The molecule has 3 N–H and O–H groups in total. The molecule has 2 aromatic carbocycles. The van der Waals surface area contributed by atoms with Gasteiger partial charge in [0.25, 0.3) is 0 Å². The van der Waals surface area contributed by atoms with Gasteiger partial charge in [-0.25, -0.2) is 4.39 Å². The first-order valence-electron chi connectivity index (χ1n) is 6.38. The van der Waals surface area contributed by atoms with Gasteiger partial charge in [-0.15, -0.1) is 0 Å². The van der Waals surface area contributed by atoms with Gasteiger partial charge < -0.3 is 11.1 Å². The molecular weight excluding hydrogens is 269 g/mol. The third-order valence-electron chi connectivity index (χ3n) is 3.05. The summed E-state index contributed by atoms with van der Waals surface area (Å²) >= 11 is 0. The fourth-order valence-electron chi connectivity index (χ4n) is 1.89. The Labute approximate surface area is 122 Å². The lowest BCUT2D eigenvalue weighted by Gasteiger charge is -2.09. The molecular formula is C16H14FN3O. The molecule has 21 heavy (non-hydrogen) atoms. The number of primary amides is 1. The number of rotatable bonds is 5. The standard InChI is InChI=1S/C16H14FN3O/c17-15-6-3-12(16(19)21)9-13(15)10-20-14-4-1-11(2-5-14)7-8-18/h1-6,9,20H,7,10H2,(H2,19,21). The van der Waals surface area contributed by atoms with Gasteiger partial charge in [-0.1, -0.05) is 12.1 Å². The second-order valence-corrected chi connectivity index (χ2v) is 4.56. The molecule has 106 valence electrons. The Morgan fingerprint density at radius 1 is 1.24 bits per heavy atom. The van der Waals surface area contributed by atoms with E-state index in [0.29, 0.717) is 12.0 Å². The summed E-state index contributed by atoms with van der Waals surface area (Å²) in [5.74, 6) is -0.981. The zero-order chi connectivity index (χ0) is 15.2. The molecule has 1 amide bonds. The highest BCUT2D eigenvalue weighted by molar-refractivity contribution is 5.92. The molecule has 0 aliphatic carbocycles. The minimum absolute atomic E-state index is 0.241. The highest BCUT2D eigenvalue weighted by atomic mass is 19.1. The zero-order valence-corrected chi connectivity index (χ0v) is 11.3. The van der Waals surface area contributed by atoms with Gasteiger partial charge in [0.2, 0.25) is 5.91 Å². The van der Waals surface area contributed by atoms with Crippen molar-refractivity contribution < 1.29 is 9.18 Å². The number of benzene rings is 2. The molecule has 0 radical (unpaired) electrons. The van der Waals surface area contributed by atoms with Crippen molar-refractivity contribution in [2.45, 2.75) is 13.0 Å². The zero-order valence-electron chi connectivity index (χ0n) is 11.3. The van der Waals surface area contributed by atoms with Crippen molar-refractivity contribution in [3.63, 3.8) is 0 Å². The van der Waals surface area contributed by atoms with E-state index in [1.165, 1.54) is 18.2 Å². The topological polar surface area (TPSA) is 78.9 Å². The summed E-state index contributed by atoms with van der Waals surface area (Å²) in [6, 6.07) is 13.4. The van der Waals surface area contributed by atoms with E-state index >= 15 is 0 Å². The van der Waals surface area contributed by atoms with Crippen LogP contribution in [0.15, 0.2) is 42.5 Å². The quantitative estimate of drug-likeness (QED) is 0.885. The first-order chi connectivity index (χ1) is 10.1. The molecule has 2 aromatic rings. The van der Waals surface area contributed by atoms with Crippen molar-refractivity contribution in [1.82, 2.24) is 0 Å². The number of carbonyl (C=O) groups is 1. The second kappa shape index (κ2) is 6.53. The summed E-state index contributed by atoms with van der Waals surface area (Å²) in [6.45, 7) is 0.241. The van der Waals surface area contributed by atoms with Crippen molar-refractivity contribution in [3.05, 3.63) is 65.0 Å². The Balaban J connectivity index is 2.07. The maximum atomic E-state index is 13.7. The van der Waals surface area contributed by atoms with E-state index in [1.54, 1.807) is 0 Å². The average molecular weight is 283 g/mol. The number of carbonyl (C=O) groups excluding carboxylic acids is 1. The Kier molecular flexibility index (Phi) is 4.52. The molecule has 0 aliphatic heterocycles. The Bertz CT molecular complexity index is 690. The Morgan fingerprint density at radius 3 is 2.57 bits per heavy atom. The number of nitrogens with zero attached hydrogens (tertiary/aromatic N) is 1. The summed E-state index contributed by atoms with van der Waals surface area (Å²) in [4.78, 5) is 11.1. The molecule has 0 saturated carbocycles. The van der Waals surface area contributed by atoms with E-state index < -0.39 is 11.7 Å². The van der Waals surface area contributed by atoms with Crippen molar-refractivity contribution in [1.29, 1.82) is 5.26 Å². The van der Waals surface area contributed by atoms with E-state index in [9.17, 15) is 9.18 Å². The Hall–Kier alpha value is -2.87. The Morgan fingerprint density at radius 2 is 1.95 bits per heavy atom. The second-order valence-electron chi connectivity index (χ2n) is 4.56. The summed E-state index contributed by atoms with van der Waals surface area (Å²) in [7, 11) is 0. The molecule has 0 unspecified atom stereocenters. The van der Waals surface area contributed by atoms with Gasteiger partial charge in [-0.3, -0.25) is 4.79 Å². The molecule has 0 heterocycles. The molecule has 0 saturated heterocycles. The van der Waals surface area contributed by atoms with Crippen LogP contribution in [0, 0.1) is 17.1 Å². The predicted molar refractivity (Wildman–Crippen MR) is 78.0 cm³/mol. The molecule has 0 bridgehead atoms. The monoisotopic (exact) mass is 283 g/mol. The van der Waals surface area contributed by atoms with Crippen LogP contribution in [0.5, 0.6) is 0 Å². The number of anilines is 1. The summed E-state index contributed by atoms with van der Waals surface area (Å²) in [5, 5.41) is 11.7. The molecule has 0 atom stereocenters. The fraction of sp³-hybridized carbons (Fsp3) is 0.125. The maximum Gasteiger partial charge on any atom is 0.248 e. The van der Waals surface area contributed by atoms with Crippen molar-refractivity contribution in [2.24, 2.45) is 5.73 Å². The SMILES string of the molecule is N#CCc1ccc(NCc2cc(C(N)=O)ccc2F)cc1. The van der Waals surface area contributed by atoms with Crippen LogP contribution in [0.25, 0.3) is 0 Å². The number of hydrogen-bond donors (Lipinski definition) is 2. The van der Waals surface area contributed by atoms with Gasteiger partial charge in [0.15, 0.2) is 0 Å². The molecule has 0 aromatic heterocycles. The van der Waals surface area contributed by atoms with E-state index in [-0.39, 0.29) is 12.1 Å². The van der Waals surface area contributed by atoms with Gasteiger partial charge in [0.1, 0.15) is 5.82 Å². The lowest BCUT2D eigenvalue weighted by molar-refractivity contribution is 0.1000. The smallest absolute Gasteiger partial charge is 0.248 e. The number of hydrogen-bond acceptors (Lipinski definition) is 3. The van der Waals surface area contributed by atoms with Gasteiger partial charge >= 0.3 is 0 Å². The number of halogens is 1. The molecule has 5 heteroatoms. The van der Waals surface area contributed by atoms with Crippen molar-refractivity contribution >= 4 is 11.6 Å². The molecule has 0 fully saturated rings. The molecule has 0 aliphatic rings. The van der Waals surface area contributed by atoms with Crippen LogP contribution in [0.4, 0.5) is 10.1 Å².